The first-order valence-corrected chi connectivity index (χ1v) is 5.51. The Labute approximate surface area is 86.0 Å². The standard InChI is InChI=1S/C9H19N3S/c1-8(2)11-5-3-4-9(7-11)6-10-12(9)13/h8,10,13H,3-7H2,1-2H3. The van der Waals surface area contributed by atoms with E-state index in [-0.39, 0.29) is 0 Å². The number of nitrogens with zero attached hydrogens (tertiary/aromatic N) is 2. The van der Waals surface area contributed by atoms with Crippen LogP contribution in [0.3, 0.4) is 0 Å². The molecule has 0 bridgehead atoms. The van der Waals surface area contributed by atoms with E-state index >= 15 is 0 Å². The molecule has 2 saturated heterocycles. The molecular formula is C9H19N3S. The van der Waals surface area contributed by atoms with Crippen molar-refractivity contribution in [2.75, 3.05) is 19.6 Å². The van der Waals surface area contributed by atoms with Gasteiger partial charge in [0.2, 0.25) is 0 Å². The van der Waals surface area contributed by atoms with E-state index in [1.54, 1.807) is 0 Å². The van der Waals surface area contributed by atoms with Crippen molar-refractivity contribution in [2.45, 2.75) is 38.3 Å². The number of nitrogens with one attached hydrogen (secondary N) is 1. The van der Waals surface area contributed by atoms with Crippen molar-refractivity contribution < 1.29 is 0 Å². The molecule has 2 aliphatic rings. The summed E-state index contributed by atoms with van der Waals surface area (Å²) in [6, 6.07) is 0.666. The van der Waals surface area contributed by atoms with Gasteiger partial charge in [0.25, 0.3) is 0 Å². The van der Waals surface area contributed by atoms with Crippen molar-refractivity contribution in [3.63, 3.8) is 0 Å². The van der Waals surface area contributed by atoms with Crippen LogP contribution >= 0.6 is 12.8 Å². The smallest absolute Gasteiger partial charge is 0.0729 e. The summed E-state index contributed by atoms with van der Waals surface area (Å²) in [6.07, 6.45) is 2.59. The topological polar surface area (TPSA) is 18.5 Å². The molecule has 1 N–H and O–H groups in total. The molecule has 0 aromatic carbocycles. The number of hydrogen-bond donors (Lipinski definition) is 2. The van der Waals surface area contributed by atoms with Gasteiger partial charge in [-0.2, -0.15) is 4.41 Å². The number of rotatable bonds is 1. The van der Waals surface area contributed by atoms with Gasteiger partial charge in [0.15, 0.2) is 0 Å². The maximum atomic E-state index is 4.42. The molecule has 0 radical (unpaired) electrons. The normalized spacial score (nSPS) is 36.9. The van der Waals surface area contributed by atoms with Gasteiger partial charge in [-0.15, -0.1) is 0 Å². The van der Waals surface area contributed by atoms with Crippen molar-refractivity contribution in [3.8, 4) is 0 Å². The Morgan fingerprint density at radius 3 is 2.69 bits per heavy atom. The summed E-state index contributed by atoms with van der Waals surface area (Å²) in [6.45, 7) is 8.06. The Hall–Kier alpha value is 0.230. The Balaban J connectivity index is 1.99. The molecule has 0 aromatic heterocycles. The minimum atomic E-state index is 0.325. The monoisotopic (exact) mass is 201 g/mol. The van der Waals surface area contributed by atoms with Gasteiger partial charge in [-0.25, -0.2) is 5.43 Å². The second-order valence-electron chi connectivity index (χ2n) is 4.54. The van der Waals surface area contributed by atoms with Gasteiger partial charge < -0.3 is 0 Å². The zero-order chi connectivity index (χ0) is 9.47. The lowest BCUT2D eigenvalue weighted by Gasteiger charge is -2.55. The molecule has 1 spiro atoms. The van der Waals surface area contributed by atoms with Crippen LogP contribution in [0.15, 0.2) is 0 Å². The molecule has 3 nitrogen and oxygen atoms in total. The third-order valence-corrected chi connectivity index (χ3v) is 3.89. The second-order valence-corrected chi connectivity index (χ2v) is 4.94. The van der Waals surface area contributed by atoms with Crippen LogP contribution in [0.4, 0.5) is 0 Å². The van der Waals surface area contributed by atoms with Gasteiger partial charge in [0.05, 0.1) is 5.54 Å². The van der Waals surface area contributed by atoms with Crippen LogP contribution in [0.25, 0.3) is 0 Å². The molecule has 1 atom stereocenters. The van der Waals surface area contributed by atoms with Gasteiger partial charge in [-0.1, -0.05) is 12.8 Å². The Bertz CT molecular complexity index is 197. The summed E-state index contributed by atoms with van der Waals surface area (Å²) in [5.41, 5.74) is 3.52. The van der Waals surface area contributed by atoms with Crippen LogP contribution in [-0.2, 0) is 0 Å². The molecule has 0 saturated carbocycles. The molecule has 0 amide bonds. The zero-order valence-electron chi connectivity index (χ0n) is 8.45. The average molecular weight is 201 g/mol. The number of hydrogen-bond acceptors (Lipinski definition) is 4. The predicted octanol–water partition coefficient (Wildman–Crippen LogP) is 0.894. The highest BCUT2D eigenvalue weighted by molar-refractivity contribution is 7.77. The molecule has 76 valence electrons. The number of thiol groups is 1. The van der Waals surface area contributed by atoms with Crippen LogP contribution in [0.5, 0.6) is 0 Å². The molecule has 2 aliphatic heterocycles. The van der Waals surface area contributed by atoms with Gasteiger partial charge in [0.1, 0.15) is 0 Å². The number of hydrazine groups is 1. The van der Waals surface area contributed by atoms with E-state index < -0.39 is 0 Å². The van der Waals surface area contributed by atoms with Crippen LogP contribution in [0.2, 0.25) is 0 Å². The Morgan fingerprint density at radius 1 is 1.46 bits per heavy atom. The number of piperidine rings is 1. The molecule has 4 heteroatoms. The van der Waals surface area contributed by atoms with E-state index in [9.17, 15) is 0 Å². The summed E-state index contributed by atoms with van der Waals surface area (Å²) in [7, 11) is 0. The van der Waals surface area contributed by atoms with Crippen LogP contribution < -0.4 is 5.43 Å². The molecule has 2 fully saturated rings. The fourth-order valence-electron chi connectivity index (χ4n) is 2.28. The van der Waals surface area contributed by atoms with Crippen molar-refractivity contribution in [1.82, 2.24) is 14.7 Å². The fraction of sp³-hybridized carbons (Fsp3) is 1.00. The minimum Gasteiger partial charge on any atom is -0.299 e. The first-order chi connectivity index (χ1) is 6.14. The first kappa shape index (κ1) is 9.77. The second kappa shape index (κ2) is 3.42. The largest absolute Gasteiger partial charge is 0.299 e. The highest BCUT2D eigenvalue weighted by Gasteiger charge is 2.46. The molecule has 2 heterocycles. The first-order valence-electron chi connectivity index (χ1n) is 5.11. The van der Waals surface area contributed by atoms with E-state index in [1.807, 2.05) is 4.41 Å². The Morgan fingerprint density at radius 2 is 2.23 bits per heavy atom. The predicted molar refractivity (Wildman–Crippen MR) is 57.5 cm³/mol. The van der Waals surface area contributed by atoms with E-state index in [0.717, 1.165) is 6.54 Å². The van der Waals surface area contributed by atoms with Crippen LogP contribution in [0.1, 0.15) is 26.7 Å². The molecule has 2 rings (SSSR count). The quantitative estimate of drug-likeness (QED) is 0.614. The van der Waals surface area contributed by atoms with Crippen LogP contribution in [-0.4, -0.2) is 40.5 Å². The van der Waals surface area contributed by atoms with Crippen LogP contribution in [0, 0.1) is 0 Å². The van der Waals surface area contributed by atoms with Crippen molar-refractivity contribution in [2.24, 2.45) is 0 Å². The van der Waals surface area contributed by atoms with E-state index in [0.29, 0.717) is 11.6 Å². The summed E-state index contributed by atoms with van der Waals surface area (Å²) in [5.74, 6) is 0. The Kier molecular flexibility index (Phi) is 2.57. The number of likely N-dealkylation sites (tertiary alicyclic amines) is 1. The zero-order valence-corrected chi connectivity index (χ0v) is 9.35. The summed E-state index contributed by atoms with van der Waals surface area (Å²) < 4.78 is 2.00. The molecular weight excluding hydrogens is 182 g/mol. The van der Waals surface area contributed by atoms with Gasteiger partial charge >= 0.3 is 0 Å². The maximum Gasteiger partial charge on any atom is 0.0729 e. The van der Waals surface area contributed by atoms with Crippen molar-refractivity contribution >= 4 is 12.8 Å². The third kappa shape index (κ3) is 1.61. The van der Waals surface area contributed by atoms with E-state index in [4.69, 9.17) is 0 Å². The lowest BCUT2D eigenvalue weighted by molar-refractivity contribution is -0.0376. The van der Waals surface area contributed by atoms with Gasteiger partial charge in [0, 0.05) is 19.1 Å². The molecule has 1 unspecified atom stereocenters. The summed E-state index contributed by atoms with van der Waals surface area (Å²) in [4.78, 5) is 2.55. The third-order valence-electron chi connectivity index (χ3n) is 3.32. The lowest BCUT2D eigenvalue weighted by atomic mass is 9.86. The van der Waals surface area contributed by atoms with Gasteiger partial charge in [-0.3, -0.25) is 4.90 Å². The molecule has 0 aliphatic carbocycles. The van der Waals surface area contributed by atoms with Crippen molar-refractivity contribution in [3.05, 3.63) is 0 Å². The van der Waals surface area contributed by atoms with E-state index in [1.165, 1.54) is 25.9 Å². The lowest BCUT2D eigenvalue weighted by Crippen LogP contribution is -2.73. The summed E-state index contributed by atoms with van der Waals surface area (Å²) >= 11 is 4.42. The SMILES string of the molecule is CC(C)N1CCCC2(CNN2S)C1. The molecule has 13 heavy (non-hydrogen) atoms. The van der Waals surface area contributed by atoms with Crippen molar-refractivity contribution in [1.29, 1.82) is 0 Å². The van der Waals surface area contributed by atoms with E-state index in [2.05, 4.69) is 37.0 Å². The highest BCUT2D eigenvalue weighted by Crippen LogP contribution is 2.33. The fourth-order valence-corrected chi connectivity index (χ4v) is 2.58. The highest BCUT2D eigenvalue weighted by atomic mass is 32.1. The maximum absolute atomic E-state index is 4.42. The minimum absolute atomic E-state index is 0.325. The average Bonchev–Trinajstić information content (AvgIpc) is 2.16. The molecule has 0 aromatic rings. The van der Waals surface area contributed by atoms with Gasteiger partial charge in [-0.05, 0) is 33.2 Å². The summed E-state index contributed by atoms with van der Waals surface area (Å²) in [5, 5.41) is 0.